The molecule has 0 aliphatic heterocycles. The van der Waals surface area contributed by atoms with Crippen LogP contribution >= 0.6 is 11.3 Å². The zero-order valence-corrected chi connectivity index (χ0v) is 14.7. The molecule has 7 nitrogen and oxygen atoms in total. The van der Waals surface area contributed by atoms with Gasteiger partial charge in [-0.2, -0.15) is 0 Å². The van der Waals surface area contributed by atoms with Gasteiger partial charge in [0.15, 0.2) is 0 Å². The van der Waals surface area contributed by atoms with Crippen LogP contribution in [0.15, 0.2) is 24.3 Å². The highest BCUT2D eigenvalue weighted by Gasteiger charge is 2.16. The van der Waals surface area contributed by atoms with E-state index in [4.69, 9.17) is 5.73 Å². The number of nitrogens with one attached hydrogen (secondary N) is 1. The molecular weight excluding hydrogens is 345 g/mol. The maximum atomic E-state index is 12.9. The summed E-state index contributed by atoms with van der Waals surface area (Å²) in [6.07, 6.45) is 1.93. The Labute approximate surface area is 149 Å². The number of amides is 2. The number of carbonyl (C=O) groups is 2. The van der Waals surface area contributed by atoms with E-state index in [9.17, 15) is 14.0 Å². The Kier molecular flexibility index (Phi) is 6.96. The molecule has 1 aromatic carbocycles. The molecule has 1 heterocycles. The van der Waals surface area contributed by atoms with Gasteiger partial charge in [-0.1, -0.05) is 24.7 Å². The molecular formula is C16H20FN5O2S. The van der Waals surface area contributed by atoms with Gasteiger partial charge in [-0.25, -0.2) is 4.39 Å². The average molecular weight is 365 g/mol. The fraction of sp³-hybridized carbons (Fsp3) is 0.375. The van der Waals surface area contributed by atoms with Gasteiger partial charge in [-0.3, -0.25) is 14.5 Å². The molecule has 2 aromatic rings. The summed E-state index contributed by atoms with van der Waals surface area (Å²) >= 11 is 1.15. The third-order valence-electron chi connectivity index (χ3n) is 3.33. The number of hydrogen-bond donors (Lipinski definition) is 2. The third kappa shape index (κ3) is 6.20. The molecule has 3 N–H and O–H groups in total. The highest BCUT2D eigenvalue weighted by molar-refractivity contribution is 7.13. The predicted molar refractivity (Wildman–Crippen MR) is 93.6 cm³/mol. The van der Waals surface area contributed by atoms with E-state index < -0.39 is 11.8 Å². The van der Waals surface area contributed by atoms with Crippen LogP contribution in [0.5, 0.6) is 0 Å². The van der Waals surface area contributed by atoms with Gasteiger partial charge in [-0.15, -0.1) is 10.2 Å². The first-order chi connectivity index (χ1) is 12.0. The van der Waals surface area contributed by atoms with Crippen molar-refractivity contribution in [2.45, 2.75) is 26.3 Å². The van der Waals surface area contributed by atoms with Crippen LogP contribution in [-0.4, -0.2) is 40.0 Å². The summed E-state index contributed by atoms with van der Waals surface area (Å²) in [6.45, 7) is 3.32. The van der Waals surface area contributed by atoms with Crippen LogP contribution in [0.2, 0.25) is 0 Å². The zero-order chi connectivity index (χ0) is 18.2. The van der Waals surface area contributed by atoms with Gasteiger partial charge in [-0.05, 0) is 37.2 Å². The quantitative estimate of drug-likeness (QED) is 0.708. The molecule has 0 spiro atoms. The molecule has 9 heteroatoms. The van der Waals surface area contributed by atoms with Crippen LogP contribution in [-0.2, 0) is 11.3 Å². The number of nitrogens with two attached hydrogens (primary N) is 1. The van der Waals surface area contributed by atoms with Gasteiger partial charge >= 0.3 is 0 Å². The number of rotatable bonds is 9. The van der Waals surface area contributed by atoms with Gasteiger partial charge in [0.05, 0.1) is 13.1 Å². The lowest BCUT2D eigenvalue weighted by molar-refractivity contribution is -0.119. The maximum absolute atomic E-state index is 12.9. The van der Waals surface area contributed by atoms with Crippen LogP contribution in [0.1, 0.15) is 34.6 Å². The van der Waals surface area contributed by atoms with E-state index in [-0.39, 0.29) is 17.4 Å². The monoisotopic (exact) mass is 365 g/mol. The summed E-state index contributed by atoms with van der Waals surface area (Å²) in [5, 5.41) is 11.3. The molecule has 2 amide bonds. The molecule has 0 aliphatic carbocycles. The Hall–Kier alpha value is -2.39. The van der Waals surface area contributed by atoms with Crippen LogP contribution < -0.4 is 11.1 Å². The standard InChI is InChI=1S/C16H20FN5O2S/c1-2-3-8-22(9-13(18)23)10-14-20-21-16(25-14)15(24)19-12-6-4-11(17)5-7-12/h4-7H,2-3,8-10H2,1H3,(H2,18,23)(H,19,24). The van der Waals surface area contributed by atoms with Gasteiger partial charge in [0.25, 0.3) is 5.91 Å². The Balaban J connectivity index is 1.98. The van der Waals surface area contributed by atoms with Crippen molar-refractivity contribution in [2.24, 2.45) is 5.73 Å². The summed E-state index contributed by atoms with van der Waals surface area (Å²) in [4.78, 5) is 25.2. The lowest BCUT2D eigenvalue weighted by Crippen LogP contribution is -2.34. The predicted octanol–water partition coefficient (Wildman–Crippen LogP) is 2.02. The van der Waals surface area contributed by atoms with Crippen LogP contribution in [0, 0.1) is 5.82 Å². The minimum Gasteiger partial charge on any atom is -0.369 e. The topological polar surface area (TPSA) is 101 Å². The average Bonchev–Trinajstić information content (AvgIpc) is 3.03. The van der Waals surface area contributed by atoms with Crippen molar-refractivity contribution < 1.29 is 14.0 Å². The highest BCUT2D eigenvalue weighted by Crippen LogP contribution is 2.15. The van der Waals surface area contributed by atoms with E-state index in [0.29, 0.717) is 17.2 Å². The van der Waals surface area contributed by atoms with Crippen molar-refractivity contribution in [1.29, 1.82) is 0 Å². The van der Waals surface area contributed by atoms with Crippen LogP contribution in [0.4, 0.5) is 10.1 Å². The Morgan fingerprint density at radius 1 is 1.28 bits per heavy atom. The van der Waals surface area contributed by atoms with Crippen molar-refractivity contribution in [1.82, 2.24) is 15.1 Å². The minimum absolute atomic E-state index is 0.136. The number of halogens is 1. The Bertz CT molecular complexity index is 720. The number of aromatic nitrogens is 2. The zero-order valence-electron chi connectivity index (χ0n) is 13.9. The van der Waals surface area contributed by atoms with Crippen molar-refractivity contribution in [3.8, 4) is 0 Å². The third-order valence-corrected chi connectivity index (χ3v) is 4.24. The molecule has 1 aromatic heterocycles. The van der Waals surface area contributed by atoms with E-state index in [1.54, 1.807) is 0 Å². The summed E-state index contributed by atoms with van der Waals surface area (Å²) in [5.41, 5.74) is 5.74. The van der Waals surface area contributed by atoms with Crippen LogP contribution in [0.25, 0.3) is 0 Å². The normalized spacial score (nSPS) is 10.8. The lowest BCUT2D eigenvalue weighted by Gasteiger charge is -2.18. The van der Waals surface area contributed by atoms with Gasteiger partial charge in [0.1, 0.15) is 10.8 Å². The van der Waals surface area contributed by atoms with Crippen LogP contribution in [0.3, 0.4) is 0 Å². The van der Waals surface area contributed by atoms with E-state index in [2.05, 4.69) is 22.4 Å². The smallest absolute Gasteiger partial charge is 0.286 e. The van der Waals surface area contributed by atoms with E-state index in [1.165, 1.54) is 24.3 Å². The number of primary amides is 1. The van der Waals surface area contributed by atoms with E-state index in [1.807, 2.05) is 4.90 Å². The van der Waals surface area contributed by atoms with Crippen molar-refractivity contribution >= 4 is 28.8 Å². The summed E-state index contributed by atoms with van der Waals surface area (Å²) in [7, 11) is 0. The van der Waals surface area contributed by atoms with E-state index >= 15 is 0 Å². The van der Waals surface area contributed by atoms with Crippen molar-refractivity contribution in [2.75, 3.05) is 18.4 Å². The number of benzene rings is 1. The van der Waals surface area contributed by atoms with Gasteiger partial charge < -0.3 is 11.1 Å². The molecule has 0 saturated carbocycles. The highest BCUT2D eigenvalue weighted by atomic mass is 32.1. The molecule has 25 heavy (non-hydrogen) atoms. The molecule has 2 rings (SSSR count). The molecule has 0 fully saturated rings. The van der Waals surface area contributed by atoms with Crippen molar-refractivity contribution in [3.05, 3.63) is 40.1 Å². The number of hydrogen-bond acceptors (Lipinski definition) is 6. The molecule has 0 aliphatic rings. The molecule has 0 saturated heterocycles. The largest absolute Gasteiger partial charge is 0.369 e. The minimum atomic E-state index is -0.412. The Morgan fingerprint density at radius 2 is 2.00 bits per heavy atom. The summed E-state index contributed by atoms with van der Waals surface area (Å²) in [6, 6.07) is 5.45. The SMILES string of the molecule is CCCCN(CC(N)=O)Cc1nnc(C(=O)Nc2ccc(F)cc2)s1. The lowest BCUT2D eigenvalue weighted by atomic mass is 10.3. The second kappa shape index (κ2) is 9.19. The number of anilines is 1. The van der Waals surface area contributed by atoms with E-state index in [0.717, 1.165) is 30.7 Å². The molecule has 0 radical (unpaired) electrons. The van der Waals surface area contributed by atoms with Crippen molar-refractivity contribution in [3.63, 3.8) is 0 Å². The number of unbranched alkanes of at least 4 members (excludes halogenated alkanes) is 1. The summed E-state index contributed by atoms with van der Waals surface area (Å²) < 4.78 is 12.9. The number of carbonyl (C=O) groups excluding carboxylic acids is 2. The maximum Gasteiger partial charge on any atom is 0.286 e. The first kappa shape index (κ1) is 18.9. The molecule has 0 atom stereocenters. The van der Waals surface area contributed by atoms with Gasteiger partial charge in [0.2, 0.25) is 10.9 Å². The molecule has 134 valence electrons. The summed E-state index contributed by atoms with van der Waals surface area (Å²) in [5.74, 6) is -1.20. The van der Waals surface area contributed by atoms with Gasteiger partial charge in [0, 0.05) is 5.69 Å². The second-order valence-corrected chi connectivity index (χ2v) is 6.55. The first-order valence-electron chi connectivity index (χ1n) is 7.88. The molecule has 0 bridgehead atoms. The first-order valence-corrected chi connectivity index (χ1v) is 8.69. The fourth-order valence-corrected chi connectivity index (χ4v) is 2.91. The Morgan fingerprint density at radius 3 is 2.64 bits per heavy atom. The number of nitrogens with zero attached hydrogens (tertiary/aromatic N) is 3. The second-order valence-electron chi connectivity index (χ2n) is 5.49. The fourth-order valence-electron chi connectivity index (χ4n) is 2.13. The molecule has 0 unspecified atom stereocenters.